The summed E-state index contributed by atoms with van der Waals surface area (Å²) in [6, 6.07) is 4.02. The zero-order valence-electron chi connectivity index (χ0n) is 14.1. The van der Waals surface area contributed by atoms with E-state index in [1.165, 1.54) is 9.80 Å². The summed E-state index contributed by atoms with van der Waals surface area (Å²) in [5.41, 5.74) is 2.00. The highest BCUT2D eigenvalue weighted by atomic mass is 35.5. The van der Waals surface area contributed by atoms with Gasteiger partial charge in [-0.15, -0.1) is 11.6 Å². The van der Waals surface area contributed by atoms with E-state index in [1.807, 2.05) is 19.1 Å². The van der Waals surface area contributed by atoms with Crippen molar-refractivity contribution >= 4 is 40.4 Å². The molecule has 0 aromatic carbocycles. The van der Waals surface area contributed by atoms with Crippen molar-refractivity contribution in [3.05, 3.63) is 47.2 Å². The number of rotatable bonds is 7. The summed E-state index contributed by atoms with van der Waals surface area (Å²) in [4.78, 5) is 21.8. The lowest BCUT2D eigenvalue weighted by atomic mass is 10.2. The van der Waals surface area contributed by atoms with Gasteiger partial charge in [0.1, 0.15) is 5.65 Å². The molecule has 1 aliphatic rings. The minimum absolute atomic E-state index is 0.0815. The second-order valence-electron chi connectivity index (χ2n) is 5.81. The minimum Gasteiger partial charge on any atom is -0.466 e. The third-order valence-electron chi connectivity index (χ3n) is 3.94. The van der Waals surface area contributed by atoms with E-state index in [1.54, 1.807) is 18.0 Å². The molecule has 0 radical (unpaired) electrons. The molecule has 1 atom stereocenters. The van der Waals surface area contributed by atoms with Crippen molar-refractivity contribution in [2.24, 2.45) is 0 Å². The molecule has 2 aromatic rings. The van der Waals surface area contributed by atoms with Crippen LogP contribution >= 0.6 is 23.4 Å². The van der Waals surface area contributed by atoms with Crippen LogP contribution in [0.1, 0.15) is 31.9 Å². The number of ether oxygens (including phenoxy) is 1. The van der Waals surface area contributed by atoms with Gasteiger partial charge in [0.15, 0.2) is 0 Å². The second-order valence-corrected chi connectivity index (χ2v) is 7.45. The number of thioether (sulfide) groups is 1. The molecular weight excluding hydrogens is 356 g/mol. The quantitative estimate of drug-likeness (QED) is 0.546. The van der Waals surface area contributed by atoms with E-state index in [0.717, 1.165) is 36.0 Å². The molecule has 0 amide bonds. The Labute approximate surface area is 156 Å². The predicted octanol–water partition coefficient (Wildman–Crippen LogP) is 4.99. The summed E-state index contributed by atoms with van der Waals surface area (Å²) >= 11 is 7.84. The van der Waals surface area contributed by atoms with Gasteiger partial charge in [0.25, 0.3) is 0 Å². The molecule has 4 nitrogen and oxygen atoms in total. The highest BCUT2D eigenvalue weighted by Crippen LogP contribution is 2.38. The number of nitrogens with one attached hydrogen (secondary N) is 1. The Kier molecular flexibility index (Phi) is 6.21. The Morgan fingerprint density at radius 2 is 2.40 bits per heavy atom. The number of fused-ring (bicyclic) bond motifs is 1. The van der Waals surface area contributed by atoms with Crippen LogP contribution in [0.4, 0.5) is 0 Å². The Hall–Kier alpha value is -1.72. The zero-order valence-corrected chi connectivity index (χ0v) is 15.7. The molecule has 0 fully saturated rings. The van der Waals surface area contributed by atoms with Gasteiger partial charge in [0.05, 0.1) is 12.0 Å². The topological polar surface area (TPSA) is 55.0 Å². The molecule has 0 spiro atoms. The van der Waals surface area contributed by atoms with Gasteiger partial charge in [-0.1, -0.05) is 30.0 Å². The van der Waals surface area contributed by atoms with Crippen LogP contribution in [0.15, 0.2) is 46.4 Å². The second kappa shape index (κ2) is 8.59. The number of nitrogens with zero attached hydrogens (tertiary/aromatic N) is 1. The number of hydrogen-bond acceptors (Lipinski definition) is 4. The van der Waals surface area contributed by atoms with Crippen molar-refractivity contribution in [3.8, 4) is 0 Å². The lowest BCUT2D eigenvalue weighted by Gasteiger charge is -2.11. The number of H-pyrrole nitrogens is 1. The number of carbonyl (C=O) groups excluding carboxylic acids is 1. The van der Waals surface area contributed by atoms with E-state index in [-0.39, 0.29) is 11.3 Å². The number of pyridine rings is 1. The van der Waals surface area contributed by atoms with E-state index in [9.17, 15) is 4.79 Å². The SMILES string of the molecule is CCOC(=O)CCCc1[nH]c2ncccc2c1SC1=CCC(Cl)C=C1. The van der Waals surface area contributed by atoms with Gasteiger partial charge in [0, 0.05) is 33.5 Å². The Morgan fingerprint density at radius 1 is 1.52 bits per heavy atom. The number of aryl methyl sites for hydroxylation is 1. The maximum Gasteiger partial charge on any atom is 0.305 e. The van der Waals surface area contributed by atoms with Crippen molar-refractivity contribution in [2.75, 3.05) is 6.61 Å². The molecule has 0 bridgehead atoms. The van der Waals surface area contributed by atoms with E-state index in [2.05, 4.69) is 28.2 Å². The van der Waals surface area contributed by atoms with Crippen LogP contribution in [0.5, 0.6) is 0 Å². The first-order valence-corrected chi connectivity index (χ1v) is 9.74. The molecule has 0 aliphatic heterocycles. The number of halogens is 1. The minimum atomic E-state index is -0.142. The van der Waals surface area contributed by atoms with Gasteiger partial charge >= 0.3 is 5.97 Å². The van der Waals surface area contributed by atoms with Gasteiger partial charge in [0.2, 0.25) is 0 Å². The molecule has 2 aromatic heterocycles. The number of aromatic nitrogens is 2. The van der Waals surface area contributed by atoms with Gasteiger partial charge in [-0.05, 0) is 38.3 Å². The largest absolute Gasteiger partial charge is 0.466 e. The average Bonchev–Trinajstić information content (AvgIpc) is 2.95. The fourth-order valence-electron chi connectivity index (χ4n) is 2.75. The molecular formula is C19H21ClN2O2S. The summed E-state index contributed by atoms with van der Waals surface area (Å²) < 4.78 is 5.00. The monoisotopic (exact) mass is 376 g/mol. The smallest absolute Gasteiger partial charge is 0.305 e. The summed E-state index contributed by atoms with van der Waals surface area (Å²) in [6.07, 6.45) is 10.9. The number of aromatic amines is 1. The van der Waals surface area contributed by atoms with Crippen LogP contribution in [-0.4, -0.2) is 27.9 Å². The third-order valence-corrected chi connectivity index (χ3v) is 5.47. The lowest BCUT2D eigenvalue weighted by Crippen LogP contribution is -2.04. The summed E-state index contributed by atoms with van der Waals surface area (Å²) in [5.74, 6) is -0.142. The van der Waals surface area contributed by atoms with Crippen LogP contribution in [0.2, 0.25) is 0 Å². The van der Waals surface area contributed by atoms with E-state index >= 15 is 0 Å². The van der Waals surface area contributed by atoms with Gasteiger partial charge < -0.3 is 9.72 Å². The fourth-order valence-corrected chi connectivity index (χ4v) is 4.03. The maximum atomic E-state index is 11.6. The summed E-state index contributed by atoms with van der Waals surface area (Å²) in [7, 11) is 0. The molecule has 6 heteroatoms. The molecule has 2 heterocycles. The van der Waals surface area contributed by atoms with Crippen molar-refractivity contribution in [3.63, 3.8) is 0 Å². The maximum absolute atomic E-state index is 11.6. The van der Waals surface area contributed by atoms with Crippen LogP contribution in [-0.2, 0) is 16.0 Å². The first kappa shape index (κ1) is 18.1. The molecule has 1 N–H and O–H groups in total. The van der Waals surface area contributed by atoms with Crippen molar-refractivity contribution in [1.29, 1.82) is 0 Å². The summed E-state index contributed by atoms with van der Waals surface area (Å²) in [5, 5.41) is 1.19. The molecule has 1 aliphatic carbocycles. The molecule has 132 valence electrons. The fraction of sp³-hybridized carbons (Fsp3) is 0.368. The Bertz CT molecular complexity index is 813. The predicted molar refractivity (Wildman–Crippen MR) is 103 cm³/mol. The van der Waals surface area contributed by atoms with Gasteiger partial charge in [-0.3, -0.25) is 4.79 Å². The number of alkyl halides is 1. The molecule has 25 heavy (non-hydrogen) atoms. The summed E-state index contributed by atoms with van der Waals surface area (Å²) in [6.45, 7) is 2.26. The van der Waals surface area contributed by atoms with Gasteiger partial charge in [-0.2, -0.15) is 0 Å². The van der Waals surface area contributed by atoms with Crippen LogP contribution < -0.4 is 0 Å². The standard InChI is InChI=1S/C19H21ClN2O2S/c1-2-24-17(23)7-3-6-16-18(15-5-4-12-21-19(15)22-16)25-14-10-8-13(20)9-11-14/h4-5,8,10-13H,2-3,6-7,9H2,1H3,(H,21,22). The lowest BCUT2D eigenvalue weighted by molar-refractivity contribution is -0.143. The van der Waals surface area contributed by atoms with E-state index in [4.69, 9.17) is 16.3 Å². The Balaban J connectivity index is 1.77. The molecule has 3 rings (SSSR count). The van der Waals surface area contributed by atoms with Crippen LogP contribution in [0.3, 0.4) is 0 Å². The molecule has 0 saturated heterocycles. The highest BCUT2D eigenvalue weighted by molar-refractivity contribution is 8.03. The normalized spacial score (nSPS) is 16.9. The number of hydrogen-bond donors (Lipinski definition) is 1. The van der Waals surface area contributed by atoms with Crippen molar-refractivity contribution < 1.29 is 9.53 Å². The first-order valence-electron chi connectivity index (χ1n) is 8.49. The van der Waals surface area contributed by atoms with Crippen LogP contribution in [0.25, 0.3) is 11.0 Å². The molecule has 1 unspecified atom stereocenters. The van der Waals surface area contributed by atoms with Crippen molar-refractivity contribution in [1.82, 2.24) is 9.97 Å². The third kappa shape index (κ3) is 4.67. The number of carbonyl (C=O) groups is 1. The van der Waals surface area contributed by atoms with E-state index in [0.29, 0.717) is 13.0 Å². The Morgan fingerprint density at radius 3 is 3.16 bits per heavy atom. The van der Waals surface area contributed by atoms with E-state index < -0.39 is 0 Å². The van der Waals surface area contributed by atoms with Crippen LogP contribution in [0, 0.1) is 0 Å². The average molecular weight is 377 g/mol. The van der Waals surface area contributed by atoms with Gasteiger partial charge in [-0.25, -0.2) is 4.98 Å². The zero-order chi connectivity index (χ0) is 17.6. The first-order chi connectivity index (χ1) is 12.2. The number of allylic oxidation sites excluding steroid dienone is 3. The highest BCUT2D eigenvalue weighted by Gasteiger charge is 2.16. The van der Waals surface area contributed by atoms with Crippen molar-refractivity contribution in [2.45, 2.75) is 42.9 Å². The molecule has 0 saturated carbocycles. The number of esters is 1.